The van der Waals surface area contributed by atoms with Crippen LogP contribution in [0.15, 0.2) is 34.8 Å². The van der Waals surface area contributed by atoms with Gasteiger partial charge in [-0.3, -0.25) is 4.79 Å². The number of nitrogens with one attached hydrogen (secondary N) is 2. The summed E-state index contributed by atoms with van der Waals surface area (Å²) in [6, 6.07) is 5.85. The molecule has 0 spiro atoms. The summed E-state index contributed by atoms with van der Waals surface area (Å²) in [4.78, 5) is 27.2. The van der Waals surface area contributed by atoms with Crippen molar-refractivity contribution in [2.24, 2.45) is 0 Å². The number of benzene rings is 1. The minimum Gasteiger partial charge on any atom is -0.459 e. The van der Waals surface area contributed by atoms with Crippen molar-refractivity contribution in [3.63, 3.8) is 0 Å². The standard InChI is InChI=1S/C26H26BrF3N4O3S/c1-13(2)37-25(36)22-16-5-3-4-6-19(16)38-24(22)32-23(35)18-12-21-31-17(14-7-9-15(27)10-8-14)11-20(26(28,29)30)34(21)33-18/h7-10,12-13,17,20,31H,3-6,11H2,1-2H3,(H,32,35)/t17-,20-/m1/s1. The van der Waals surface area contributed by atoms with Gasteiger partial charge in [-0.15, -0.1) is 11.3 Å². The number of hydrogen-bond donors (Lipinski definition) is 2. The van der Waals surface area contributed by atoms with Gasteiger partial charge in [0.15, 0.2) is 11.7 Å². The van der Waals surface area contributed by atoms with Crippen molar-refractivity contribution in [2.75, 3.05) is 10.6 Å². The lowest BCUT2D eigenvalue weighted by atomic mass is 9.95. The first-order valence-electron chi connectivity index (χ1n) is 12.4. The Balaban J connectivity index is 1.45. The van der Waals surface area contributed by atoms with E-state index in [2.05, 4.69) is 31.7 Å². The Bertz CT molecular complexity index is 1370. The van der Waals surface area contributed by atoms with Crippen LogP contribution in [-0.4, -0.2) is 33.9 Å². The number of carbonyl (C=O) groups excluding carboxylic acids is 2. The Morgan fingerprint density at radius 2 is 1.92 bits per heavy atom. The van der Waals surface area contributed by atoms with Gasteiger partial charge in [0.25, 0.3) is 5.91 Å². The highest BCUT2D eigenvalue weighted by atomic mass is 79.9. The third kappa shape index (κ3) is 5.33. The number of aromatic nitrogens is 2. The van der Waals surface area contributed by atoms with Gasteiger partial charge in [-0.05, 0) is 62.8 Å². The highest BCUT2D eigenvalue weighted by Crippen LogP contribution is 2.44. The van der Waals surface area contributed by atoms with Crippen LogP contribution in [0.2, 0.25) is 0 Å². The Labute approximate surface area is 229 Å². The number of alkyl halides is 3. The second-order valence-electron chi connectivity index (χ2n) is 9.72. The average molecular weight is 611 g/mol. The van der Waals surface area contributed by atoms with Crippen LogP contribution in [0.25, 0.3) is 0 Å². The van der Waals surface area contributed by atoms with Crippen LogP contribution in [0.5, 0.6) is 0 Å². The first-order valence-corrected chi connectivity index (χ1v) is 14.0. The number of aryl methyl sites for hydroxylation is 1. The zero-order valence-corrected chi connectivity index (χ0v) is 23.1. The second-order valence-corrected chi connectivity index (χ2v) is 11.7. The lowest BCUT2D eigenvalue weighted by Crippen LogP contribution is -2.35. The second kappa shape index (κ2) is 10.4. The number of amides is 1. The van der Waals surface area contributed by atoms with E-state index in [1.54, 1.807) is 38.1 Å². The monoisotopic (exact) mass is 610 g/mol. The minimum atomic E-state index is -4.56. The van der Waals surface area contributed by atoms with E-state index >= 15 is 0 Å². The predicted molar refractivity (Wildman–Crippen MR) is 142 cm³/mol. The Hall–Kier alpha value is -2.86. The summed E-state index contributed by atoms with van der Waals surface area (Å²) in [5.41, 5.74) is 1.73. The number of hydrogen-bond acceptors (Lipinski definition) is 6. The van der Waals surface area contributed by atoms with Crippen LogP contribution in [-0.2, 0) is 17.6 Å². The number of rotatable bonds is 5. The van der Waals surface area contributed by atoms with Crippen molar-refractivity contribution in [3.8, 4) is 0 Å². The quantitative estimate of drug-likeness (QED) is 0.302. The van der Waals surface area contributed by atoms with Crippen molar-refractivity contribution in [1.29, 1.82) is 0 Å². The van der Waals surface area contributed by atoms with Gasteiger partial charge in [0.1, 0.15) is 10.8 Å². The number of fused-ring (bicyclic) bond motifs is 2. The van der Waals surface area contributed by atoms with E-state index < -0.39 is 30.1 Å². The zero-order chi connectivity index (χ0) is 27.2. The molecule has 0 radical (unpaired) electrons. The smallest absolute Gasteiger partial charge is 0.410 e. The van der Waals surface area contributed by atoms with E-state index in [0.29, 0.717) is 22.5 Å². The van der Waals surface area contributed by atoms with Gasteiger partial charge in [0.2, 0.25) is 0 Å². The molecule has 0 saturated heterocycles. The van der Waals surface area contributed by atoms with E-state index in [9.17, 15) is 22.8 Å². The van der Waals surface area contributed by atoms with Crippen molar-refractivity contribution >= 4 is 50.0 Å². The molecule has 2 atom stereocenters. The van der Waals surface area contributed by atoms with Crippen LogP contribution in [0, 0.1) is 0 Å². The first kappa shape index (κ1) is 26.7. The molecule has 5 rings (SSSR count). The molecule has 38 heavy (non-hydrogen) atoms. The van der Waals surface area contributed by atoms with Gasteiger partial charge < -0.3 is 15.4 Å². The third-order valence-corrected chi connectivity index (χ3v) is 8.38. The molecular formula is C26H26BrF3N4O3S. The topological polar surface area (TPSA) is 85.2 Å². The molecule has 7 nitrogen and oxygen atoms in total. The fourth-order valence-corrected chi connectivity index (χ4v) is 6.44. The SMILES string of the molecule is CC(C)OC(=O)c1c(NC(=O)c2cc3n(n2)[C@@H](C(F)(F)F)C[C@H](c2ccc(Br)cc2)N3)sc2c1CCCC2. The lowest BCUT2D eigenvalue weighted by Gasteiger charge is -2.33. The van der Waals surface area contributed by atoms with Gasteiger partial charge in [0.05, 0.1) is 17.7 Å². The molecule has 0 saturated carbocycles. The molecule has 202 valence electrons. The molecule has 1 aliphatic heterocycles. The van der Waals surface area contributed by atoms with E-state index in [1.807, 2.05) is 0 Å². The number of carbonyl (C=O) groups is 2. The molecule has 1 aromatic carbocycles. The van der Waals surface area contributed by atoms with Crippen LogP contribution in [0.3, 0.4) is 0 Å². The molecule has 2 N–H and O–H groups in total. The lowest BCUT2D eigenvalue weighted by molar-refractivity contribution is -0.173. The Morgan fingerprint density at radius 3 is 2.61 bits per heavy atom. The summed E-state index contributed by atoms with van der Waals surface area (Å²) in [6.07, 6.45) is -1.76. The number of nitrogens with zero attached hydrogens (tertiary/aromatic N) is 2. The number of halogens is 4. The molecule has 2 aliphatic rings. The van der Waals surface area contributed by atoms with Gasteiger partial charge in [0, 0.05) is 21.8 Å². The van der Waals surface area contributed by atoms with Crippen LogP contribution in [0.1, 0.15) is 82.0 Å². The number of thiophene rings is 1. The number of esters is 1. The van der Waals surface area contributed by atoms with E-state index in [4.69, 9.17) is 4.74 Å². The maximum Gasteiger partial charge on any atom is 0.410 e. The minimum absolute atomic E-state index is 0.0987. The summed E-state index contributed by atoms with van der Waals surface area (Å²) in [5.74, 6) is -1.11. The van der Waals surface area contributed by atoms with Crippen molar-refractivity contribution in [2.45, 2.75) is 70.3 Å². The summed E-state index contributed by atoms with van der Waals surface area (Å²) < 4.78 is 49.3. The zero-order valence-electron chi connectivity index (χ0n) is 20.7. The van der Waals surface area contributed by atoms with Gasteiger partial charge >= 0.3 is 12.1 Å². The van der Waals surface area contributed by atoms with Crippen molar-refractivity contribution < 1.29 is 27.5 Å². The maximum absolute atomic E-state index is 14.1. The molecule has 2 aromatic heterocycles. The van der Waals surface area contributed by atoms with Gasteiger partial charge in [-0.2, -0.15) is 18.3 Å². The highest BCUT2D eigenvalue weighted by molar-refractivity contribution is 9.10. The number of ether oxygens (including phenoxy) is 1. The molecular weight excluding hydrogens is 585 g/mol. The summed E-state index contributed by atoms with van der Waals surface area (Å²) in [6.45, 7) is 3.49. The molecule has 3 heterocycles. The summed E-state index contributed by atoms with van der Waals surface area (Å²) in [7, 11) is 0. The molecule has 1 aliphatic carbocycles. The first-order chi connectivity index (χ1) is 18.0. The van der Waals surface area contributed by atoms with E-state index in [1.165, 1.54) is 17.4 Å². The largest absolute Gasteiger partial charge is 0.459 e. The Kier molecular flexibility index (Phi) is 7.29. The van der Waals surface area contributed by atoms with Gasteiger partial charge in [-0.1, -0.05) is 28.1 Å². The van der Waals surface area contributed by atoms with Crippen LogP contribution < -0.4 is 10.6 Å². The highest BCUT2D eigenvalue weighted by Gasteiger charge is 2.47. The van der Waals surface area contributed by atoms with Crippen molar-refractivity contribution in [3.05, 3.63) is 62.1 Å². The molecule has 0 bridgehead atoms. The fraction of sp³-hybridized carbons (Fsp3) is 0.423. The molecule has 12 heteroatoms. The van der Waals surface area contributed by atoms with Gasteiger partial charge in [-0.25, -0.2) is 9.48 Å². The fourth-order valence-electron chi connectivity index (χ4n) is 4.91. The molecule has 1 amide bonds. The van der Waals surface area contributed by atoms with Crippen LogP contribution >= 0.6 is 27.3 Å². The Morgan fingerprint density at radius 1 is 1.21 bits per heavy atom. The number of anilines is 2. The van der Waals surface area contributed by atoms with Crippen molar-refractivity contribution in [1.82, 2.24) is 9.78 Å². The molecule has 0 unspecified atom stereocenters. The van der Waals surface area contributed by atoms with Crippen LogP contribution in [0.4, 0.5) is 24.0 Å². The average Bonchev–Trinajstić information content (AvgIpc) is 3.44. The normalized spacial score (nSPS) is 18.9. The molecule has 3 aromatic rings. The van der Waals surface area contributed by atoms with E-state index in [-0.39, 0.29) is 24.0 Å². The third-order valence-electron chi connectivity index (χ3n) is 6.64. The summed E-state index contributed by atoms with van der Waals surface area (Å²) >= 11 is 4.65. The summed E-state index contributed by atoms with van der Waals surface area (Å²) in [5, 5.41) is 10.2. The maximum atomic E-state index is 14.1. The predicted octanol–water partition coefficient (Wildman–Crippen LogP) is 7.06. The van der Waals surface area contributed by atoms with E-state index in [0.717, 1.165) is 38.9 Å². The molecule has 0 fully saturated rings.